The van der Waals surface area contributed by atoms with Crippen LogP contribution in [0.4, 0.5) is 0 Å². The second-order valence-electron chi connectivity index (χ2n) is 21.6. The third-order valence-electron chi connectivity index (χ3n) is 15.9. The van der Waals surface area contributed by atoms with Crippen LogP contribution in [0.3, 0.4) is 0 Å². The Morgan fingerprint density at radius 1 is 0.304 bits per heavy atom. The normalized spacial score (nSPS) is 12.6. The van der Waals surface area contributed by atoms with Crippen LogP contribution >= 0.6 is 0 Å². The predicted molar refractivity (Wildman–Crippen MR) is 309 cm³/mol. The fourth-order valence-electron chi connectivity index (χ4n) is 13.3. The van der Waals surface area contributed by atoms with E-state index in [9.17, 15) is 0 Å². The lowest BCUT2D eigenvalue weighted by Gasteiger charge is -2.34. The van der Waals surface area contributed by atoms with E-state index in [1.54, 1.807) is 0 Å². The summed E-state index contributed by atoms with van der Waals surface area (Å²) in [5, 5.41) is 5.83. The van der Waals surface area contributed by atoms with E-state index in [0.29, 0.717) is 0 Å². The Morgan fingerprint density at radius 3 is 1.06 bits per heavy atom. The molecule has 340 valence electrons. The largest absolute Gasteiger partial charge is 0.242 e. The van der Waals surface area contributed by atoms with Crippen molar-refractivity contribution in [1.82, 2.24) is 0 Å². The van der Waals surface area contributed by atoms with Crippen molar-refractivity contribution in [3.05, 3.63) is 212 Å². The van der Waals surface area contributed by atoms with E-state index in [-0.39, 0.29) is 13.4 Å². The molecule has 0 amide bonds. The molecule has 0 saturated carbocycles. The van der Waals surface area contributed by atoms with Crippen LogP contribution in [0.25, 0.3) is 44.2 Å². The molecule has 3 heteroatoms. The molecule has 1 aliphatic rings. The number of fused-ring (bicyclic) bond motifs is 2. The molecule has 0 bridgehead atoms. The van der Waals surface area contributed by atoms with Crippen LogP contribution in [-0.2, 0) is 0 Å². The van der Waals surface area contributed by atoms with Crippen LogP contribution in [0.15, 0.2) is 146 Å². The lowest BCUT2D eigenvalue weighted by molar-refractivity contribution is 1.34. The second kappa shape index (κ2) is 17.5. The average Bonchev–Trinajstić information content (AvgIpc) is 3.28. The first-order chi connectivity index (χ1) is 32.9. The van der Waals surface area contributed by atoms with Crippen LogP contribution < -0.4 is 43.2 Å². The molecular weight excluding hydrogens is 842 g/mol. The van der Waals surface area contributed by atoms with Crippen LogP contribution in [-0.4, -0.2) is 21.5 Å². The van der Waals surface area contributed by atoms with E-state index in [0.717, 1.165) is 0 Å². The van der Waals surface area contributed by atoms with Gasteiger partial charge in [0.05, 0.1) is 0 Å². The number of benzene rings is 9. The van der Waals surface area contributed by atoms with Gasteiger partial charge in [-0.1, -0.05) is 258 Å². The van der Waals surface area contributed by atoms with Crippen LogP contribution in [0.1, 0.15) is 66.8 Å². The summed E-state index contributed by atoms with van der Waals surface area (Å²) in [6.07, 6.45) is 0. The van der Waals surface area contributed by atoms with Gasteiger partial charge in [0, 0.05) is 0 Å². The summed E-state index contributed by atoms with van der Waals surface area (Å²) in [6, 6.07) is 57.2. The first-order valence-electron chi connectivity index (χ1n) is 25.1. The highest BCUT2D eigenvalue weighted by Crippen LogP contribution is 2.39. The van der Waals surface area contributed by atoms with E-state index in [2.05, 4.69) is 242 Å². The van der Waals surface area contributed by atoms with Crippen molar-refractivity contribution in [2.75, 3.05) is 0 Å². The fourth-order valence-corrected chi connectivity index (χ4v) is 16.4. The molecule has 0 radical (unpaired) electrons. The lowest BCUT2D eigenvalue weighted by atomic mass is 9.34. The third kappa shape index (κ3) is 7.98. The van der Waals surface area contributed by atoms with Crippen molar-refractivity contribution in [1.29, 1.82) is 0 Å². The first kappa shape index (κ1) is 46.3. The van der Waals surface area contributed by atoms with Crippen molar-refractivity contribution in [2.24, 2.45) is 0 Å². The summed E-state index contributed by atoms with van der Waals surface area (Å²) in [5.41, 5.74) is 32.4. The van der Waals surface area contributed by atoms with E-state index in [1.807, 2.05) is 0 Å². The zero-order valence-electron chi connectivity index (χ0n) is 43.5. The molecule has 0 aliphatic carbocycles. The molecule has 0 atom stereocenters. The van der Waals surface area contributed by atoms with Crippen LogP contribution in [0, 0.1) is 83.1 Å². The molecule has 69 heavy (non-hydrogen) atoms. The average molecular weight is 909 g/mol. The van der Waals surface area contributed by atoms with Crippen molar-refractivity contribution in [2.45, 2.75) is 96.2 Å². The SMILES string of the molecule is Cc1cc(C)c(B(c2ccc(-c3ccc4c(c3)[Si](C)(C)c3cccc5c(-c6ccc(B(c7c(C)cc(C)cc7C)c7c(C)cc(C)cc7C)cc6)ccc-4c35)cc2)c2c(C)cc(C)cc2C)c(C)c1. The van der Waals surface area contributed by atoms with Gasteiger partial charge in [-0.3, -0.25) is 0 Å². The Balaban J connectivity index is 1.03. The number of rotatable bonds is 8. The molecule has 1 aliphatic heterocycles. The summed E-state index contributed by atoms with van der Waals surface area (Å²) in [5.74, 6) is 0. The molecule has 0 unspecified atom stereocenters. The van der Waals surface area contributed by atoms with Gasteiger partial charge in [0.2, 0.25) is 13.4 Å². The van der Waals surface area contributed by atoms with Gasteiger partial charge >= 0.3 is 0 Å². The van der Waals surface area contributed by atoms with Gasteiger partial charge in [-0.15, -0.1) is 0 Å². The van der Waals surface area contributed by atoms with E-state index >= 15 is 0 Å². The van der Waals surface area contributed by atoms with Crippen molar-refractivity contribution >= 4 is 75.4 Å². The highest BCUT2D eigenvalue weighted by atomic mass is 28.3. The highest BCUT2D eigenvalue weighted by Gasteiger charge is 2.37. The third-order valence-corrected chi connectivity index (χ3v) is 19.5. The summed E-state index contributed by atoms with van der Waals surface area (Å²) < 4.78 is 0. The summed E-state index contributed by atoms with van der Waals surface area (Å²) in [4.78, 5) is 0. The second-order valence-corrected chi connectivity index (χ2v) is 26.0. The first-order valence-corrected chi connectivity index (χ1v) is 28.1. The predicted octanol–water partition coefficient (Wildman–Crippen LogP) is 11.7. The molecule has 1 heterocycles. The molecule has 0 saturated heterocycles. The van der Waals surface area contributed by atoms with E-state index in [4.69, 9.17) is 0 Å². The van der Waals surface area contributed by atoms with Gasteiger partial charge in [0.1, 0.15) is 8.07 Å². The minimum absolute atomic E-state index is 0.152. The minimum atomic E-state index is -2.13. The molecule has 0 aromatic heterocycles. The standard InChI is InChI=1S/C66H66B2Si/c1-39-30-43(5)63(44(6)31-39)67(64-45(7)32-40(2)33-46(64)8)54-23-18-51(19-24-54)53-22-27-57-59-29-28-56(58-16-15-17-60(62(58)59)69(13,14)61(57)38-53)52-20-25-55(26-21-52)68(65-47(9)34-41(3)35-48(65)10)66-49(11)36-42(4)37-50(66)12/h15-38H,1-14H3. The molecule has 0 nitrogen and oxygen atoms in total. The van der Waals surface area contributed by atoms with Gasteiger partial charge in [0.15, 0.2) is 0 Å². The smallest absolute Gasteiger partial charge is 0.0686 e. The monoisotopic (exact) mass is 909 g/mol. The molecule has 0 spiro atoms. The van der Waals surface area contributed by atoms with E-state index < -0.39 is 8.07 Å². The number of hydrogen-bond acceptors (Lipinski definition) is 0. The molecule has 9 aromatic rings. The van der Waals surface area contributed by atoms with Crippen molar-refractivity contribution in [3.63, 3.8) is 0 Å². The summed E-state index contributed by atoms with van der Waals surface area (Å²) in [7, 11) is -2.13. The number of hydrogen-bond donors (Lipinski definition) is 0. The molecule has 0 fully saturated rings. The van der Waals surface area contributed by atoms with Crippen molar-refractivity contribution in [3.8, 4) is 33.4 Å². The summed E-state index contributed by atoms with van der Waals surface area (Å²) in [6.45, 7) is 32.6. The molecule has 0 N–H and O–H groups in total. The maximum Gasteiger partial charge on any atom is 0.242 e. The maximum atomic E-state index is 2.56. The van der Waals surface area contributed by atoms with Gasteiger partial charge in [-0.25, -0.2) is 0 Å². The Hall–Kier alpha value is -6.41. The molecule has 10 rings (SSSR count). The molecule has 9 aromatic carbocycles. The zero-order chi connectivity index (χ0) is 48.8. The van der Waals surface area contributed by atoms with E-state index in [1.165, 1.54) is 154 Å². The Morgan fingerprint density at radius 2 is 0.652 bits per heavy atom. The zero-order valence-corrected chi connectivity index (χ0v) is 44.5. The minimum Gasteiger partial charge on any atom is -0.0686 e. The van der Waals surface area contributed by atoms with Gasteiger partial charge < -0.3 is 0 Å². The lowest BCUT2D eigenvalue weighted by Crippen LogP contribution is -2.56. The Bertz CT molecular complexity index is 3330. The molecular formula is C66H66B2Si. The Labute approximate surface area is 415 Å². The van der Waals surface area contributed by atoms with Gasteiger partial charge in [0.25, 0.3) is 0 Å². The maximum absolute atomic E-state index is 2.56. The van der Waals surface area contributed by atoms with Crippen molar-refractivity contribution < 1.29 is 0 Å². The fraction of sp³-hybridized carbons (Fsp3) is 0.212. The highest BCUT2D eigenvalue weighted by molar-refractivity contribution is 7.03. The summed E-state index contributed by atoms with van der Waals surface area (Å²) >= 11 is 0. The van der Waals surface area contributed by atoms with Gasteiger partial charge in [-0.05, 0) is 138 Å². The van der Waals surface area contributed by atoms with Gasteiger partial charge in [-0.2, -0.15) is 0 Å². The quantitative estimate of drug-likeness (QED) is 0.133. The van der Waals surface area contributed by atoms with Crippen LogP contribution in [0.2, 0.25) is 13.1 Å². The number of aryl methyl sites for hydroxylation is 12. The Kier molecular flexibility index (Phi) is 11.8. The van der Waals surface area contributed by atoms with Crippen LogP contribution in [0.5, 0.6) is 0 Å². The topological polar surface area (TPSA) is 0 Å².